The Morgan fingerprint density at radius 1 is 0.857 bits per heavy atom. The lowest BCUT2D eigenvalue weighted by atomic mass is 10.1. The average Bonchev–Trinajstić information content (AvgIpc) is 2.21. The summed E-state index contributed by atoms with van der Waals surface area (Å²) in [5.74, 6) is 0. The minimum absolute atomic E-state index is 0.139. The molecule has 0 aromatic rings. The van der Waals surface area contributed by atoms with Crippen LogP contribution in [-0.4, -0.2) is 5.16 Å². The lowest BCUT2D eigenvalue weighted by molar-refractivity contribution is 0.558. The average molecular weight is 212 g/mol. The van der Waals surface area contributed by atoms with Crippen LogP contribution in [0.4, 0.5) is 0 Å². The van der Waals surface area contributed by atoms with Crippen molar-refractivity contribution in [2.24, 2.45) is 0 Å². The Morgan fingerprint density at radius 3 is 1.29 bits per heavy atom. The van der Waals surface area contributed by atoms with Crippen LogP contribution in [0.25, 0.3) is 0 Å². The Hall–Kier alpha value is -0.290. The Bertz CT molecular complexity index is 350. The van der Waals surface area contributed by atoms with Crippen molar-refractivity contribution in [3.8, 4) is 0 Å². The van der Waals surface area contributed by atoms with Crippen molar-refractivity contribution in [2.75, 3.05) is 0 Å². The van der Waals surface area contributed by atoms with Crippen molar-refractivity contribution in [1.29, 1.82) is 0 Å². The molecular weight excluding hydrogens is 191 g/mol. The number of allylic oxidation sites excluding steroid dienone is 4. The van der Waals surface area contributed by atoms with Gasteiger partial charge in [0, 0.05) is 5.16 Å². The van der Waals surface area contributed by atoms with Crippen molar-refractivity contribution in [1.82, 2.24) is 0 Å². The maximum atomic E-state index is 13.0. The maximum Gasteiger partial charge on any atom is 0.140 e. The van der Waals surface area contributed by atoms with E-state index in [0.29, 0.717) is 0 Å². The van der Waals surface area contributed by atoms with Crippen LogP contribution >= 0.6 is 7.14 Å². The van der Waals surface area contributed by atoms with Crippen LogP contribution in [0.2, 0.25) is 0 Å². The highest BCUT2D eigenvalue weighted by Gasteiger charge is 2.44. The molecule has 0 radical (unpaired) electrons. The topological polar surface area (TPSA) is 17.1 Å². The molecule has 0 aromatic carbocycles. The summed E-state index contributed by atoms with van der Waals surface area (Å²) in [4.78, 5) is 0. The van der Waals surface area contributed by atoms with Crippen molar-refractivity contribution in [3.63, 3.8) is 0 Å². The molecule has 80 valence electrons. The summed E-state index contributed by atoms with van der Waals surface area (Å²) >= 11 is 0. The van der Waals surface area contributed by atoms with Gasteiger partial charge < -0.3 is 4.57 Å². The van der Waals surface area contributed by atoms with E-state index in [1.165, 1.54) is 11.1 Å². The molecule has 0 saturated heterocycles. The van der Waals surface area contributed by atoms with Crippen LogP contribution in [0, 0.1) is 0 Å². The van der Waals surface area contributed by atoms with E-state index in [1.807, 2.05) is 13.8 Å². The van der Waals surface area contributed by atoms with Gasteiger partial charge in [-0.1, -0.05) is 20.8 Å². The molecule has 0 fully saturated rings. The lowest BCUT2D eigenvalue weighted by Gasteiger charge is -2.30. The molecule has 0 N–H and O–H groups in total. The third-order valence-electron chi connectivity index (χ3n) is 3.54. The first kappa shape index (κ1) is 11.8. The van der Waals surface area contributed by atoms with Gasteiger partial charge in [-0.25, -0.2) is 0 Å². The second kappa shape index (κ2) is 3.10. The quantitative estimate of drug-likeness (QED) is 0.529. The normalized spacial score (nSPS) is 22.2. The van der Waals surface area contributed by atoms with E-state index < -0.39 is 7.14 Å². The van der Waals surface area contributed by atoms with Gasteiger partial charge in [-0.15, -0.1) is 0 Å². The van der Waals surface area contributed by atoms with E-state index in [-0.39, 0.29) is 5.16 Å². The zero-order valence-electron chi connectivity index (χ0n) is 10.4. The first-order valence-electron chi connectivity index (χ1n) is 5.10. The maximum absolute atomic E-state index is 13.0. The fraction of sp³-hybridized carbons (Fsp3) is 0.667. The summed E-state index contributed by atoms with van der Waals surface area (Å²) in [6, 6.07) is 0. The molecule has 0 atom stereocenters. The SMILES string of the molecule is CC1=C(C)P(=O)(C(C)(C)C)C(C)=C1C. The molecule has 1 heterocycles. The molecule has 0 bridgehead atoms. The molecule has 0 unspecified atom stereocenters. The van der Waals surface area contributed by atoms with Crippen LogP contribution in [-0.2, 0) is 4.57 Å². The van der Waals surface area contributed by atoms with Crippen molar-refractivity contribution >= 4 is 7.14 Å². The van der Waals surface area contributed by atoms with Crippen molar-refractivity contribution in [3.05, 3.63) is 21.8 Å². The van der Waals surface area contributed by atoms with Gasteiger partial charge in [0.25, 0.3) is 0 Å². The smallest absolute Gasteiger partial charge is 0.140 e. The van der Waals surface area contributed by atoms with E-state index in [0.717, 1.165) is 10.6 Å². The molecule has 0 spiro atoms. The van der Waals surface area contributed by atoms with E-state index >= 15 is 0 Å². The molecule has 0 aromatic heterocycles. The van der Waals surface area contributed by atoms with Crippen LogP contribution in [0.15, 0.2) is 21.8 Å². The number of hydrogen-bond acceptors (Lipinski definition) is 1. The third-order valence-corrected chi connectivity index (χ3v) is 7.99. The number of rotatable bonds is 0. The van der Waals surface area contributed by atoms with E-state index in [9.17, 15) is 4.57 Å². The highest BCUT2D eigenvalue weighted by atomic mass is 31.2. The van der Waals surface area contributed by atoms with Crippen LogP contribution in [0.1, 0.15) is 48.5 Å². The monoisotopic (exact) mass is 212 g/mol. The second-order valence-corrected chi connectivity index (χ2v) is 9.10. The van der Waals surface area contributed by atoms with Gasteiger partial charge in [0.15, 0.2) is 0 Å². The van der Waals surface area contributed by atoms with Gasteiger partial charge >= 0.3 is 0 Å². The third kappa shape index (κ3) is 1.26. The standard InChI is InChI=1S/C12H21OP/c1-8-9(2)11(4)14(13,10(8)3)12(5,6)7/h1-7H3. The molecule has 14 heavy (non-hydrogen) atoms. The summed E-state index contributed by atoms with van der Waals surface area (Å²) in [5.41, 5.74) is 2.47. The zero-order valence-corrected chi connectivity index (χ0v) is 11.2. The second-order valence-electron chi connectivity index (χ2n) is 5.20. The van der Waals surface area contributed by atoms with Gasteiger partial charge in [0.05, 0.1) is 0 Å². The summed E-state index contributed by atoms with van der Waals surface area (Å²) in [7, 11) is -2.29. The summed E-state index contributed by atoms with van der Waals surface area (Å²) in [6.45, 7) is 14.5. The van der Waals surface area contributed by atoms with Gasteiger partial charge in [0.2, 0.25) is 0 Å². The van der Waals surface area contributed by atoms with Gasteiger partial charge in [-0.05, 0) is 49.5 Å². The van der Waals surface area contributed by atoms with Crippen LogP contribution in [0.5, 0.6) is 0 Å². The minimum atomic E-state index is -2.29. The molecule has 1 aliphatic rings. The zero-order chi connectivity index (χ0) is 11.3. The largest absolute Gasteiger partial charge is 0.314 e. The molecule has 1 rings (SSSR count). The Balaban J connectivity index is 3.50. The Labute approximate surface area is 87.7 Å². The molecule has 1 aliphatic heterocycles. The van der Waals surface area contributed by atoms with Crippen LogP contribution < -0.4 is 0 Å². The molecule has 0 saturated carbocycles. The molecule has 0 amide bonds. The highest BCUT2D eigenvalue weighted by molar-refractivity contribution is 7.74. The van der Waals surface area contributed by atoms with Crippen molar-refractivity contribution in [2.45, 2.75) is 53.6 Å². The predicted octanol–water partition coefficient (Wildman–Crippen LogP) is 4.75. The fourth-order valence-corrected chi connectivity index (χ4v) is 6.07. The first-order chi connectivity index (χ1) is 6.14. The van der Waals surface area contributed by atoms with E-state index in [4.69, 9.17) is 0 Å². The molecule has 2 heteroatoms. The van der Waals surface area contributed by atoms with E-state index in [2.05, 4.69) is 34.6 Å². The summed E-state index contributed by atoms with van der Waals surface area (Å²) < 4.78 is 13.0. The minimum Gasteiger partial charge on any atom is -0.314 e. The molecule has 0 aliphatic carbocycles. The van der Waals surface area contributed by atoms with Gasteiger partial charge in [-0.2, -0.15) is 0 Å². The Morgan fingerprint density at radius 2 is 1.14 bits per heavy atom. The highest BCUT2D eigenvalue weighted by Crippen LogP contribution is 2.74. The fourth-order valence-electron chi connectivity index (χ4n) is 2.27. The van der Waals surface area contributed by atoms with Gasteiger partial charge in [-0.3, -0.25) is 0 Å². The first-order valence-corrected chi connectivity index (χ1v) is 6.81. The summed E-state index contributed by atoms with van der Waals surface area (Å²) in [5, 5.41) is 2.08. The molecular formula is C12H21OP. The van der Waals surface area contributed by atoms with Crippen molar-refractivity contribution < 1.29 is 4.57 Å². The van der Waals surface area contributed by atoms with E-state index in [1.54, 1.807) is 0 Å². The predicted molar refractivity (Wildman–Crippen MR) is 64.1 cm³/mol. The molecule has 1 nitrogen and oxygen atoms in total. The lowest BCUT2D eigenvalue weighted by Crippen LogP contribution is -2.15. The van der Waals surface area contributed by atoms with Gasteiger partial charge in [0.1, 0.15) is 7.14 Å². The van der Waals surface area contributed by atoms with Crippen LogP contribution in [0.3, 0.4) is 0 Å². The Kier molecular flexibility index (Phi) is 2.61. The number of hydrogen-bond donors (Lipinski definition) is 0. The summed E-state index contributed by atoms with van der Waals surface area (Å²) in [6.07, 6.45) is 0.